The van der Waals surface area contributed by atoms with Crippen molar-refractivity contribution in [3.63, 3.8) is 0 Å². The zero-order chi connectivity index (χ0) is 15.1. The first kappa shape index (κ1) is 15.0. The van der Waals surface area contributed by atoms with Gasteiger partial charge in [0, 0.05) is 16.1 Å². The maximum Gasteiger partial charge on any atom is 0.269 e. The zero-order valence-electron chi connectivity index (χ0n) is 11.0. The van der Waals surface area contributed by atoms with Gasteiger partial charge in [0.1, 0.15) is 0 Å². The number of carbonyl (C=O) groups is 2. The van der Waals surface area contributed by atoms with Crippen LogP contribution < -0.4 is 10.9 Å². The highest BCUT2D eigenvalue weighted by Gasteiger charge is 2.05. The Labute approximate surface area is 131 Å². The van der Waals surface area contributed by atoms with Crippen LogP contribution in [0, 0.1) is 0 Å². The molecule has 0 heterocycles. The molecule has 0 atom stereocenters. The van der Waals surface area contributed by atoms with Crippen LogP contribution in [0.1, 0.15) is 15.9 Å². The molecule has 0 unspecified atom stereocenters. The Balaban J connectivity index is 1.87. The number of rotatable bonds is 3. The largest absolute Gasteiger partial charge is 0.269 e. The van der Waals surface area contributed by atoms with E-state index in [4.69, 9.17) is 0 Å². The molecule has 0 aliphatic carbocycles. The van der Waals surface area contributed by atoms with E-state index in [0.717, 1.165) is 10.0 Å². The van der Waals surface area contributed by atoms with Gasteiger partial charge in [-0.2, -0.15) is 0 Å². The number of benzene rings is 2. The Morgan fingerprint density at radius 2 is 1.71 bits per heavy atom. The number of nitrogens with one attached hydrogen (secondary N) is 2. The quantitative estimate of drug-likeness (QED) is 0.664. The van der Waals surface area contributed by atoms with Crippen LogP contribution in [-0.4, -0.2) is 11.8 Å². The van der Waals surface area contributed by atoms with E-state index in [9.17, 15) is 9.59 Å². The zero-order valence-corrected chi connectivity index (χ0v) is 12.6. The molecule has 0 saturated carbocycles. The molecule has 0 radical (unpaired) electrons. The fraction of sp³-hybridized carbons (Fsp3) is 0. The lowest BCUT2D eigenvalue weighted by Crippen LogP contribution is -2.40. The topological polar surface area (TPSA) is 58.2 Å². The summed E-state index contributed by atoms with van der Waals surface area (Å²) in [6, 6.07) is 16.3. The summed E-state index contributed by atoms with van der Waals surface area (Å²) in [7, 11) is 0. The third-order valence-electron chi connectivity index (χ3n) is 2.61. The molecular formula is C16H13BrN2O2. The molecule has 0 spiro atoms. The summed E-state index contributed by atoms with van der Waals surface area (Å²) in [5.74, 6) is -0.778. The molecule has 0 aliphatic heterocycles. The van der Waals surface area contributed by atoms with Crippen molar-refractivity contribution in [3.05, 3.63) is 76.3 Å². The van der Waals surface area contributed by atoms with Crippen molar-refractivity contribution in [1.29, 1.82) is 0 Å². The molecule has 2 aromatic carbocycles. The van der Waals surface area contributed by atoms with Crippen molar-refractivity contribution in [2.45, 2.75) is 0 Å². The van der Waals surface area contributed by atoms with E-state index >= 15 is 0 Å². The first-order chi connectivity index (χ1) is 10.1. The average molecular weight is 345 g/mol. The number of amides is 2. The molecule has 2 rings (SSSR count). The van der Waals surface area contributed by atoms with Gasteiger partial charge in [-0.25, -0.2) is 0 Å². The summed E-state index contributed by atoms with van der Waals surface area (Å²) in [5, 5.41) is 0. The first-order valence-electron chi connectivity index (χ1n) is 6.24. The Bertz CT molecular complexity index is 669. The van der Waals surface area contributed by atoms with Crippen LogP contribution in [0.2, 0.25) is 0 Å². The standard InChI is InChI=1S/C16H13BrN2O2/c17-14-8-4-7-13(11-14)16(21)19-18-15(20)10-9-12-5-2-1-3-6-12/h1-11H,(H,18,20)(H,19,21). The lowest BCUT2D eigenvalue weighted by Gasteiger charge is -2.05. The molecule has 2 N–H and O–H groups in total. The smallest absolute Gasteiger partial charge is 0.268 e. The second-order valence-electron chi connectivity index (χ2n) is 4.20. The SMILES string of the molecule is O=C(C=Cc1ccccc1)NNC(=O)c1cccc(Br)c1. The number of carbonyl (C=O) groups excluding carboxylic acids is 2. The number of hydrogen-bond donors (Lipinski definition) is 2. The summed E-state index contributed by atoms with van der Waals surface area (Å²) in [5.41, 5.74) is 6.05. The summed E-state index contributed by atoms with van der Waals surface area (Å²) in [4.78, 5) is 23.4. The molecule has 21 heavy (non-hydrogen) atoms. The van der Waals surface area contributed by atoms with Crippen LogP contribution in [0.25, 0.3) is 6.08 Å². The Hall–Kier alpha value is -2.40. The third kappa shape index (κ3) is 4.89. The molecule has 4 nitrogen and oxygen atoms in total. The predicted octanol–water partition coefficient (Wildman–Crippen LogP) is 2.92. The minimum absolute atomic E-state index is 0.377. The van der Waals surface area contributed by atoms with Gasteiger partial charge in [0.05, 0.1) is 0 Å². The number of halogens is 1. The number of hydrogen-bond acceptors (Lipinski definition) is 2. The van der Waals surface area contributed by atoms with Gasteiger partial charge >= 0.3 is 0 Å². The molecule has 0 aromatic heterocycles. The molecule has 106 valence electrons. The molecule has 0 bridgehead atoms. The van der Waals surface area contributed by atoms with E-state index in [-0.39, 0.29) is 5.91 Å². The van der Waals surface area contributed by atoms with Gasteiger partial charge in [0.15, 0.2) is 0 Å². The Morgan fingerprint density at radius 3 is 2.43 bits per heavy atom. The highest BCUT2D eigenvalue weighted by molar-refractivity contribution is 9.10. The van der Waals surface area contributed by atoms with E-state index in [0.29, 0.717) is 5.56 Å². The van der Waals surface area contributed by atoms with Gasteiger partial charge in [0.25, 0.3) is 11.8 Å². The molecule has 0 saturated heterocycles. The summed E-state index contributed by atoms with van der Waals surface area (Å²) >= 11 is 3.28. The second-order valence-corrected chi connectivity index (χ2v) is 5.11. The Kier molecular flexibility index (Phi) is 5.29. The lowest BCUT2D eigenvalue weighted by atomic mass is 10.2. The summed E-state index contributed by atoms with van der Waals surface area (Å²) in [6.07, 6.45) is 3.02. The molecule has 0 aliphatic rings. The van der Waals surface area contributed by atoms with Gasteiger partial charge in [-0.05, 0) is 29.8 Å². The minimum atomic E-state index is -0.401. The summed E-state index contributed by atoms with van der Waals surface area (Å²) in [6.45, 7) is 0. The van der Waals surface area contributed by atoms with Crippen molar-refractivity contribution in [2.75, 3.05) is 0 Å². The van der Waals surface area contributed by atoms with Crippen molar-refractivity contribution in [3.8, 4) is 0 Å². The highest BCUT2D eigenvalue weighted by Crippen LogP contribution is 2.11. The molecular weight excluding hydrogens is 332 g/mol. The van der Waals surface area contributed by atoms with Gasteiger partial charge in [-0.3, -0.25) is 20.4 Å². The van der Waals surface area contributed by atoms with E-state index in [1.807, 2.05) is 36.4 Å². The van der Waals surface area contributed by atoms with E-state index in [1.165, 1.54) is 6.08 Å². The van der Waals surface area contributed by atoms with Crippen LogP contribution in [0.15, 0.2) is 65.1 Å². The van der Waals surface area contributed by atoms with E-state index < -0.39 is 5.91 Å². The van der Waals surface area contributed by atoms with Crippen molar-refractivity contribution >= 4 is 33.8 Å². The molecule has 2 amide bonds. The van der Waals surface area contributed by atoms with Crippen LogP contribution in [0.4, 0.5) is 0 Å². The Morgan fingerprint density at radius 1 is 0.952 bits per heavy atom. The maximum atomic E-state index is 11.8. The van der Waals surface area contributed by atoms with E-state index in [2.05, 4.69) is 26.8 Å². The van der Waals surface area contributed by atoms with Crippen molar-refractivity contribution in [1.82, 2.24) is 10.9 Å². The average Bonchev–Trinajstić information content (AvgIpc) is 2.51. The fourth-order valence-corrected chi connectivity index (χ4v) is 2.00. The fourth-order valence-electron chi connectivity index (χ4n) is 1.60. The predicted molar refractivity (Wildman–Crippen MR) is 85.2 cm³/mol. The van der Waals surface area contributed by atoms with Crippen LogP contribution in [0.5, 0.6) is 0 Å². The van der Waals surface area contributed by atoms with Crippen molar-refractivity contribution in [2.24, 2.45) is 0 Å². The highest BCUT2D eigenvalue weighted by atomic mass is 79.9. The first-order valence-corrected chi connectivity index (χ1v) is 7.03. The van der Waals surface area contributed by atoms with Crippen LogP contribution >= 0.6 is 15.9 Å². The summed E-state index contributed by atoms with van der Waals surface area (Å²) < 4.78 is 0.797. The van der Waals surface area contributed by atoms with Crippen LogP contribution in [-0.2, 0) is 4.79 Å². The molecule has 2 aromatic rings. The van der Waals surface area contributed by atoms with Gasteiger partial charge in [-0.1, -0.05) is 52.3 Å². The van der Waals surface area contributed by atoms with Gasteiger partial charge in [-0.15, -0.1) is 0 Å². The normalized spacial score (nSPS) is 10.3. The minimum Gasteiger partial charge on any atom is -0.268 e. The number of hydrazine groups is 1. The van der Waals surface area contributed by atoms with Crippen molar-refractivity contribution < 1.29 is 9.59 Å². The van der Waals surface area contributed by atoms with Crippen LogP contribution in [0.3, 0.4) is 0 Å². The van der Waals surface area contributed by atoms with Gasteiger partial charge in [0.2, 0.25) is 0 Å². The molecule has 0 fully saturated rings. The third-order valence-corrected chi connectivity index (χ3v) is 3.11. The second kappa shape index (κ2) is 7.40. The lowest BCUT2D eigenvalue weighted by molar-refractivity contribution is -0.117. The van der Waals surface area contributed by atoms with Gasteiger partial charge < -0.3 is 0 Å². The monoisotopic (exact) mass is 344 g/mol. The molecule has 5 heteroatoms. The maximum absolute atomic E-state index is 11.8. The van der Waals surface area contributed by atoms with E-state index in [1.54, 1.807) is 24.3 Å².